The van der Waals surface area contributed by atoms with Crippen LogP contribution in [0.4, 0.5) is 5.69 Å². The molecule has 0 saturated carbocycles. The SMILES string of the molecule is Cc1ccc(NC(=S)N2CCC([NH+](C)CC[NH+]3CCOCC3)CC2)cc1C. The third-order valence-electron chi connectivity index (χ3n) is 6.31. The average Bonchev–Trinajstić information content (AvgIpc) is 2.70. The van der Waals surface area contributed by atoms with E-state index >= 15 is 0 Å². The molecule has 6 heteroatoms. The van der Waals surface area contributed by atoms with Crippen molar-refractivity contribution in [2.24, 2.45) is 0 Å². The Balaban J connectivity index is 1.40. The number of morpholine rings is 1. The van der Waals surface area contributed by atoms with Crippen molar-refractivity contribution in [2.75, 3.05) is 64.8 Å². The lowest BCUT2D eigenvalue weighted by molar-refractivity contribution is -0.964. The number of piperidine rings is 1. The summed E-state index contributed by atoms with van der Waals surface area (Å²) < 4.78 is 5.46. The molecule has 1 aromatic rings. The summed E-state index contributed by atoms with van der Waals surface area (Å²) in [6, 6.07) is 7.21. The van der Waals surface area contributed by atoms with E-state index in [1.165, 1.54) is 50.1 Å². The highest BCUT2D eigenvalue weighted by molar-refractivity contribution is 7.80. The van der Waals surface area contributed by atoms with E-state index in [0.29, 0.717) is 0 Å². The Hall–Kier alpha value is -1.21. The van der Waals surface area contributed by atoms with Gasteiger partial charge in [-0.1, -0.05) is 6.07 Å². The molecule has 5 nitrogen and oxygen atoms in total. The van der Waals surface area contributed by atoms with Crippen LogP contribution >= 0.6 is 12.2 Å². The van der Waals surface area contributed by atoms with Crippen LogP contribution in [0.5, 0.6) is 0 Å². The maximum atomic E-state index is 5.67. The second-order valence-electron chi connectivity index (χ2n) is 8.20. The van der Waals surface area contributed by atoms with E-state index in [9.17, 15) is 0 Å². The summed E-state index contributed by atoms with van der Waals surface area (Å²) in [7, 11) is 2.37. The molecule has 3 N–H and O–H groups in total. The van der Waals surface area contributed by atoms with Gasteiger partial charge in [0, 0.05) is 31.6 Å². The molecule has 0 bridgehead atoms. The number of benzene rings is 1. The molecule has 0 amide bonds. The third kappa shape index (κ3) is 5.88. The van der Waals surface area contributed by atoms with Crippen LogP contribution in [0.25, 0.3) is 0 Å². The fourth-order valence-electron chi connectivity index (χ4n) is 4.09. The van der Waals surface area contributed by atoms with Crippen molar-refractivity contribution in [3.05, 3.63) is 29.3 Å². The summed E-state index contributed by atoms with van der Waals surface area (Å²) in [6.07, 6.45) is 2.44. The largest absolute Gasteiger partial charge is 0.370 e. The van der Waals surface area contributed by atoms with Gasteiger partial charge in [0.15, 0.2) is 5.11 Å². The van der Waals surface area contributed by atoms with Crippen molar-refractivity contribution in [3.63, 3.8) is 0 Å². The fraction of sp³-hybridized carbons (Fsp3) is 0.667. The van der Waals surface area contributed by atoms with Crippen molar-refractivity contribution in [1.29, 1.82) is 0 Å². The summed E-state index contributed by atoms with van der Waals surface area (Å²) >= 11 is 5.67. The topological polar surface area (TPSA) is 33.4 Å². The number of rotatable bonds is 5. The molecule has 0 aliphatic carbocycles. The zero-order valence-corrected chi connectivity index (χ0v) is 18.0. The van der Waals surface area contributed by atoms with Gasteiger partial charge in [-0.15, -0.1) is 0 Å². The summed E-state index contributed by atoms with van der Waals surface area (Å²) in [5.41, 5.74) is 3.72. The Morgan fingerprint density at radius 3 is 2.59 bits per heavy atom. The first kappa shape index (κ1) is 20.5. The summed E-state index contributed by atoms with van der Waals surface area (Å²) in [5.74, 6) is 0. The Kier molecular flexibility index (Phi) is 7.47. The molecule has 0 radical (unpaired) electrons. The first-order valence-electron chi connectivity index (χ1n) is 10.4. The van der Waals surface area contributed by atoms with E-state index in [-0.39, 0.29) is 0 Å². The highest BCUT2D eigenvalue weighted by Gasteiger charge is 2.27. The lowest BCUT2D eigenvalue weighted by Crippen LogP contribution is -3.21. The van der Waals surface area contributed by atoms with Crippen LogP contribution in [0.1, 0.15) is 24.0 Å². The summed E-state index contributed by atoms with van der Waals surface area (Å²) in [5, 5.41) is 4.29. The van der Waals surface area contributed by atoms with Gasteiger partial charge >= 0.3 is 0 Å². The molecular weight excluding hydrogens is 356 g/mol. The molecule has 2 heterocycles. The van der Waals surface area contributed by atoms with Gasteiger partial charge in [-0.05, 0) is 49.3 Å². The van der Waals surface area contributed by atoms with Gasteiger partial charge in [0.25, 0.3) is 0 Å². The highest BCUT2D eigenvalue weighted by atomic mass is 32.1. The third-order valence-corrected chi connectivity index (χ3v) is 6.67. The lowest BCUT2D eigenvalue weighted by Gasteiger charge is -2.36. The molecule has 1 atom stereocenters. The van der Waals surface area contributed by atoms with Gasteiger partial charge in [0.1, 0.15) is 26.2 Å². The van der Waals surface area contributed by atoms with Crippen LogP contribution in [0.3, 0.4) is 0 Å². The monoisotopic (exact) mass is 392 g/mol. The normalized spacial score (nSPS) is 20.5. The zero-order chi connectivity index (χ0) is 19.2. The number of anilines is 1. The first-order valence-corrected chi connectivity index (χ1v) is 10.8. The minimum absolute atomic E-state index is 0.756. The summed E-state index contributed by atoms with van der Waals surface area (Å²) in [4.78, 5) is 5.72. The molecule has 2 aliphatic rings. The predicted molar refractivity (Wildman–Crippen MR) is 115 cm³/mol. The number of likely N-dealkylation sites (N-methyl/N-ethyl adjacent to an activating group) is 1. The van der Waals surface area contributed by atoms with Crippen LogP contribution < -0.4 is 15.1 Å². The molecule has 2 saturated heterocycles. The quantitative estimate of drug-likeness (QED) is 0.611. The number of aryl methyl sites for hydroxylation is 2. The number of hydrogen-bond acceptors (Lipinski definition) is 2. The van der Waals surface area contributed by atoms with Gasteiger partial charge in [0.2, 0.25) is 0 Å². The van der Waals surface area contributed by atoms with Gasteiger partial charge in [-0.25, -0.2) is 0 Å². The molecule has 2 aliphatic heterocycles. The Morgan fingerprint density at radius 2 is 1.93 bits per heavy atom. The second kappa shape index (κ2) is 9.82. The van der Waals surface area contributed by atoms with Crippen molar-refractivity contribution in [3.8, 4) is 0 Å². The Labute approximate surface area is 169 Å². The van der Waals surface area contributed by atoms with Gasteiger partial charge < -0.3 is 24.8 Å². The average molecular weight is 393 g/mol. The van der Waals surface area contributed by atoms with E-state index in [0.717, 1.165) is 43.1 Å². The fourth-order valence-corrected chi connectivity index (χ4v) is 4.39. The van der Waals surface area contributed by atoms with Crippen molar-refractivity contribution in [1.82, 2.24) is 4.90 Å². The summed E-state index contributed by atoms with van der Waals surface area (Å²) in [6.45, 7) is 13.1. The van der Waals surface area contributed by atoms with E-state index in [2.05, 4.69) is 49.3 Å². The predicted octanol–water partition coefficient (Wildman–Crippen LogP) is -0.106. The van der Waals surface area contributed by atoms with Crippen LogP contribution in [0, 0.1) is 13.8 Å². The molecule has 1 unspecified atom stereocenters. The van der Waals surface area contributed by atoms with E-state index in [4.69, 9.17) is 17.0 Å². The maximum Gasteiger partial charge on any atom is 0.173 e. The lowest BCUT2D eigenvalue weighted by atomic mass is 10.0. The molecule has 150 valence electrons. The molecule has 3 rings (SSSR count). The van der Waals surface area contributed by atoms with Crippen LogP contribution in [-0.4, -0.2) is 75.6 Å². The van der Waals surface area contributed by atoms with E-state index in [1.807, 2.05) is 0 Å². The number of ether oxygens (including phenoxy) is 1. The molecule has 27 heavy (non-hydrogen) atoms. The van der Waals surface area contributed by atoms with Crippen molar-refractivity contribution >= 4 is 23.0 Å². The second-order valence-corrected chi connectivity index (χ2v) is 8.59. The minimum atomic E-state index is 0.756. The number of quaternary nitrogens is 2. The van der Waals surface area contributed by atoms with Crippen molar-refractivity contribution in [2.45, 2.75) is 32.7 Å². The zero-order valence-electron chi connectivity index (χ0n) is 17.1. The first-order chi connectivity index (χ1) is 13.0. The highest BCUT2D eigenvalue weighted by Crippen LogP contribution is 2.16. The van der Waals surface area contributed by atoms with Crippen molar-refractivity contribution < 1.29 is 14.5 Å². The van der Waals surface area contributed by atoms with Gasteiger partial charge in [-0.3, -0.25) is 0 Å². The van der Waals surface area contributed by atoms with Crippen LogP contribution in [0.2, 0.25) is 0 Å². The molecule has 1 aromatic carbocycles. The van der Waals surface area contributed by atoms with Gasteiger partial charge in [-0.2, -0.15) is 0 Å². The van der Waals surface area contributed by atoms with E-state index in [1.54, 1.807) is 9.80 Å². The van der Waals surface area contributed by atoms with Gasteiger partial charge in [0.05, 0.1) is 26.3 Å². The minimum Gasteiger partial charge on any atom is -0.370 e. The smallest absolute Gasteiger partial charge is 0.173 e. The van der Waals surface area contributed by atoms with E-state index < -0.39 is 0 Å². The molecule has 2 fully saturated rings. The number of hydrogen-bond donors (Lipinski definition) is 3. The number of thiocarbonyl (C=S) groups is 1. The molecule has 0 aromatic heterocycles. The maximum absolute atomic E-state index is 5.67. The van der Waals surface area contributed by atoms with Crippen LogP contribution in [0.15, 0.2) is 18.2 Å². The molecular formula is C21H36N4OS+2. The Morgan fingerprint density at radius 1 is 1.22 bits per heavy atom. The number of likely N-dealkylation sites (tertiary alicyclic amines) is 1. The Bertz CT molecular complexity index is 625. The number of nitrogens with one attached hydrogen (secondary N) is 3. The molecule has 0 spiro atoms. The number of nitrogens with zero attached hydrogens (tertiary/aromatic N) is 1. The standard InChI is InChI=1S/C21H34N4OS/c1-17-4-5-19(16-18(17)2)22-21(27)25-8-6-20(7-9-25)23(3)10-11-24-12-14-26-15-13-24/h4-5,16,20H,6-15H2,1-3H3,(H,22,27)/p+2. The van der Waals surface area contributed by atoms with Crippen LogP contribution in [-0.2, 0) is 4.74 Å².